The van der Waals surface area contributed by atoms with Gasteiger partial charge in [0.15, 0.2) is 0 Å². The summed E-state index contributed by atoms with van der Waals surface area (Å²) in [6, 6.07) is 12.8. The molecule has 1 heterocycles. The van der Waals surface area contributed by atoms with E-state index in [1.807, 2.05) is 49.4 Å². The molecule has 5 nitrogen and oxygen atoms in total. The van der Waals surface area contributed by atoms with Crippen LogP contribution in [0.3, 0.4) is 0 Å². The number of methoxy groups -OCH3 is 1. The van der Waals surface area contributed by atoms with Crippen LogP contribution in [0.1, 0.15) is 24.2 Å². The number of nitrogens with one attached hydrogen (secondary N) is 2. The summed E-state index contributed by atoms with van der Waals surface area (Å²) in [6.07, 6.45) is 1.71. The molecule has 2 aromatic rings. The van der Waals surface area contributed by atoms with Crippen LogP contribution in [0.25, 0.3) is 0 Å². The third-order valence-corrected chi connectivity index (χ3v) is 3.07. The first-order valence-corrected chi connectivity index (χ1v) is 6.77. The molecule has 1 atom stereocenters. The van der Waals surface area contributed by atoms with Gasteiger partial charge < -0.3 is 15.4 Å². The van der Waals surface area contributed by atoms with Crippen LogP contribution in [0.4, 0.5) is 4.79 Å². The van der Waals surface area contributed by atoms with Crippen LogP contribution in [-0.4, -0.2) is 18.1 Å². The summed E-state index contributed by atoms with van der Waals surface area (Å²) in [7, 11) is 1.62. The van der Waals surface area contributed by atoms with E-state index in [-0.39, 0.29) is 12.1 Å². The number of nitrogens with zero attached hydrogens (tertiary/aromatic N) is 1. The van der Waals surface area contributed by atoms with Gasteiger partial charge >= 0.3 is 6.03 Å². The summed E-state index contributed by atoms with van der Waals surface area (Å²) in [4.78, 5) is 16.1. The van der Waals surface area contributed by atoms with Crippen LogP contribution in [0.2, 0.25) is 0 Å². The van der Waals surface area contributed by atoms with Gasteiger partial charge in [-0.15, -0.1) is 0 Å². The highest BCUT2D eigenvalue weighted by atomic mass is 16.5. The average Bonchev–Trinajstić information content (AvgIpc) is 2.54. The third kappa shape index (κ3) is 4.49. The molecule has 2 rings (SSSR count). The molecule has 0 aliphatic carbocycles. The number of carbonyl (C=O) groups excluding carboxylic acids is 1. The fourth-order valence-corrected chi connectivity index (χ4v) is 1.92. The maximum atomic E-state index is 11.9. The molecule has 0 unspecified atom stereocenters. The Morgan fingerprint density at radius 1 is 1.29 bits per heavy atom. The van der Waals surface area contributed by atoms with E-state index in [9.17, 15) is 4.79 Å². The largest absolute Gasteiger partial charge is 0.497 e. The molecule has 0 radical (unpaired) electrons. The van der Waals surface area contributed by atoms with Crippen molar-refractivity contribution >= 4 is 6.03 Å². The van der Waals surface area contributed by atoms with Crippen molar-refractivity contribution < 1.29 is 9.53 Å². The SMILES string of the molecule is COc1cccc(CNC(=O)N[C@H](C)c2ccccn2)c1. The highest BCUT2D eigenvalue weighted by molar-refractivity contribution is 5.74. The van der Waals surface area contributed by atoms with Crippen molar-refractivity contribution in [3.63, 3.8) is 0 Å². The molecule has 21 heavy (non-hydrogen) atoms. The lowest BCUT2D eigenvalue weighted by molar-refractivity contribution is 0.237. The van der Waals surface area contributed by atoms with Crippen LogP contribution in [0.15, 0.2) is 48.7 Å². The van der Waals surface area contributed by atoms with Crippen molar-refractivity contribution in [2.75, 3.05) is 7.11 Å². The van der Waals surface area contributed by atoms with Gasteiger partial charge in [0.2, 0.25) is 0 Å². The van der Waals surface area contributed by atoms with E-state index >= 15 is 0 Å². The monoisotopic (exact) mass is 285 g/mol. The highest BCUT2D eigenvalue weighted by Crippen LogP contribution is 2.12. The van der Waals surface area contributed by atoms with Crippen LogP contribution in [-0.2, 0) is 6.54 Å². The molecule has 110 valence electrons. The molecule has 1 aromatic carbocycles. The Labute approximate surface area is 124 Å². The fraction of sp³-hybridized carbons (Fsp3) is 0.250. The van der Waals surface area contributed by atoms with Gasteiger partial charge in [-0.05, 0) is 36.8 Å². The first-order chi connectivity index (χ1) is 10.2. The number of pyridine rings is 1. The lowest BCUT2D eigenvalue weighted by atomic mass is 10.2. The van der Waals surface area contributed by atoms with Crippen molar-refractivity contribution in [3.8, 4) is 5.75 Å². The zero-order valence-corrected chi connectivity index (χ0v) is 12.2. The highest BCUT2D eigenvalue weighted by Gasteiger charge is 2.09. The molecule has 5 heteroatoms. The minimum atomic E-state index is -0.226. The predicted molar refractivity (Wildman–Crippen MR) is 81.0 cm³/mol. The number of carbonyl (C=O) groups is 1. The van der Waals surface area contributed by atoms with Gasteiger partial charge in [0.1, 0.15) is 5.75 Å². The minimum Gasteiger partial charge on any atom is -0.497 e. The smallest absolute Gasteiger partial charge is 0.315 e. The zero-order valence-electron chi connectivity index (χ0n) is 12.2. The molecule has 2 N–H and O–H groups in total. The van der Waals surface area contributed by atoms with Crippen LogP contribution in [0, 0.1) is 0 Å². The third-order valence-electron chi connectivity index (χ3n) is 3.07. The van der Waals surface area contributed by atoms with Crippen molar-refractivity contribution in [1.29, 1.82) is 0 Å². The summed E-state index contributed by atoms with van der Waals surface area (Å²) in [5.41, 5.74) is 1.81. The number of urea groups is 1. The maximum Gasteiger partial charge on any atom is 0.315 e. The molecule has 2 amide bonds. The van der Waals surface area contributed by atoms with Crippen molar-refractivity contribution in [2.24, 2.45) is 0 Å². The summed E-state index contributed by atoms with van der Waals surface area (Å²) in [5.74, 6) is 0.775. The van der Waals surface area contributed by atoms with Gasteiger partial charge in [-0.1, -0.05) is 18.2 Å². The first kappa shape index (κ1) is 14.8. The topological polar surface area (TPSA) is 63.2 Å². The molecule has 1 aromatic heterocycles. The lowest BCUT2D eigenvalue weighted by Crippen LogP contribution is -2.36. The van der Waals surface area contributed by atoms with Crippen molar-refractivity contribution in [2.45, 2.75) is 19.5 Å². The van der Waals surface area contributed by atoms with E-state index in [0.29, 0.717) is 6.54 Å². The number of hydrogen-bond donors (Lipinski definition) is 2. The number of hydrogen-bond acceptors (Lipinski definition) is 3. The Morgan fingerprint density at radius 2 is 2.14 bits per heavy atom. The summed E-state index contributed by atoms with van der Waals surface area (Å²) in [6.45, 7) is 2.34. The number of rotatable bonds is 5. The number of benzene rings is 1. The summed E-state index contributed by atoms with van der Waals surface area (Å²) < 4.78 is 5.15. The van der Waals surface area contributed by atoms with E-state index in [1.165, 1.54) is 0 Å². The van der Waals surface area contributed by atoms with Gasteiger partial charge in [-0.2, -0.15) is 0 Å². The van der Waals surface area contributed by atoms with Crippen LogP contribution in [0.5, 0.6) is 5.75 Å². The van der Waals surface area contributed by atoms with E-state index in [4.69, 9.17) is 4.74 Å². The number of ether oxygens (including phenoxy) is 1. The van der Waals surface area contributed by atoms with Crippen molar-refractivity contribution in [1.82, 2.24) is 15.6 Å². The van der Waals surface area contributed by atoms with E-state index in [2.05, 4.69) is 15.6 Å². The van der Waals surface area contributed by atoms with Gasteiger partial charge in [0.05, 0.1) is 18.8 Å². The average molecular weight is 285 g/mol. The molecule has 0 spiro atoms. The van der Waals surface area contributed by atoms with E-state index < -0.39 is 0 Å². The molecular weight excluding hydrogens is 266 g/mol. The summed E-state index contributed by atoms with van der Waals surface area (Å²) in [5, 5.41) is 5.67. The Bertz CT molecular complexity index is 587. The minimum absolute atomic E-state index is 0.142. The van der Waals surface area contributed by atoms with E-state index in [1.54, 1.807) is 13.3 Å². The first-order valence-electron chi connectivity index (χ1n) is 6.77. The summed E-state index contributed by atoms with van der Waals surface area (Å²) >= 11 is 0. The van der Waals surface area contributed by atoms with E-state index in [0.717, 1.165) is 17.0 Å². The second-order valence-corrected chi connectivity index (χ2v) is 4.65. The number of amides is 2. The molecule has 0 aliphatic heterocycles. The second-order valence-electron chi connectivity index (χ2n) is 4.65. The molecular formula is C16H19N3O2. The molecule has 0 bridgehead atoms. The van der Waals surface area contributed by atoms with Gasteiger partial charge in [0.25, 0.3) is 0 Å². The van der Waals surface area contributed by atoms with Gasteiger partial charge in [-0.3, -0.25) is 4.98 Å². The molecule has 0 saturated heterocycles. The zero-order chi connectivity index (χ0) is 15.1. The second kappa shape index (κ2) is 7.28. The number of aromatic nitrogens is 1. The Kier molecular flexibility index (Phi) is 5.15. The van der Waals surface area contributed by atoms with Gasteiger partial charge in [0, 0.05) is 12.7 Å². The standard InChI is InChI=1S/C16H19N3O2/c1-12(15-8-3-4-9-17-15)19-16(20)18-11-13-6-5-7-14(10-13)21-2/h3-10,12H,11H2,1-2H3,(H2,18,19,20)/t12-/m1/s1. The Morgan fingerprint density at radius 3 is 2.86 bits per heavy atom. The molecule has 0 saturated carbocycles. The molecule has 0 fully saturated rings. The predicted octanol–water partition coefficient (Wildman–Crippen LogP) is 2.65. The normalized spacial score (nSPS) is 11.5. The maximum absolute atomic E-state index is 11.9. The van der Waals surface area contributed by atoms with Crippen molar-refractivity contribution in [3.05, 3.63) is 59.9 Å². The van der Waals surface area contributed by atoms with Crippen LogP contribution >= 0.6 is 0 Å². The molecule has 0 aliphatic rings. The quantitative estimate of drug-likeness (QED) is 0.887. The van der Waals surface area contributed by atoms with Gasteiger partial charge in [-0.25, -0.2) is 4.79 Å². The fourth-order valence-electron chi connectivity index (χ4n) is 1.92. The van der Waals surface area contributed by atoms with Crippen LogP contribution < -0.4 is 15.4 Å². The Balaban J connectivity index is 1.84. The lowest BCUT2D eigenvalue weighted by Gasteiger charge is -2.14. The Hall–Kier alpha value is -2.56.